The second-order valence-corrected chi connectivity index (χ2v) is 5.92. The highest BCUT2D eigenvalue weighted by Crippen LogP contribution is 2.36. The van der Waals surface area contributed by atoms with Crippen LogP contribution in [0.1, 0.15) is 61.1 Å². The largest absolute Gasteiger partial charge is 0.145 e. The highest BCUT2D eigenvalue weighted by atomic mass is 32.1. The van der Waals surface area contributed by atoms with E-state index in [1.807, 2.05) is 11.3 Å². The molecule has 0 saturated heterocycles. The van der Waals surface area contributed by atoms with Gasteiger partial charge in [-0.1, -0.05) is 38.3 Å². The molecule has 1 saturated carbocycles. The van der Waals surface area contributed by atoms with E-state index in [0.29, 0.717) is 0 Å². The summed E-state index contributed by atoms with van der Waals surface area (Å²) >= 11 is 2.04. The van der Waals surface area contributed by atoms with Crippen LogP contribution in [0.5, 0.6) is 0 Å². The third kappa shape index (κ3) is 3.21. The van der Waals surface area contributed by atoms with Gasteiger partial charge in [0, 0.05) is 9.75 Å². The highest BCUT2D eigenvalue weighted by molar-refractivity contribution is 7.12. The van der Waals surface area contributed by atoms with Crippen molar-refractivity contribution < 1.29 is 0 Å². The average molecular weight is 234 g/mol. The Balaban J connectivity index is 1.93. The zero-order valence-corrected chi connectivity index (χ0v) is 11.1. The molecular weight excluding hydrogens is 212 g/mol. The first-order chi connectivity index (χ1) is 7.90. The van der Waals surface area contributed by atoms with E-state index in [2.05, 4.69) is 31.2 Å². The molecule has 1 aromatic heterocycles. The fourth-order valence-electron chi connectivity index (χ4n) is 2.48. The molecule has 1 aromatic rings. The van der Waals surface area contributed by atoms with Crippen LogP contribution in [0.4, 0.5) is 0 Å². The number of hydrogen-bond donors (Lipinski definition) is 0. The predicted octanol–water partition coefficient (Wildman–Crippen LogP) is 5.30. The topological polar surface area (TPSA) is 0 Å². The molecule has 0 atom stereocenters. The standard InChI is InChI=1S/C15H22S/c1-2-3-5-10-14-11-12-15(16-14)13-8-6-4-7-9-13/h3,5,11-13H,2,4,6-10H2,1H3. The van der Waals surface area contributed by atoms with Gasteiger partial charge in [0.05, 0.1) is 0 Å². The van der Waals surface area contributed by atoms with Gasteiger partial charge in [-0.25, -0.2) is 0 Å². The predicted molar refractivity (Wildman–Crippen MR) is 73.3 cm³/mol. The van der Waals surface area contributed by atoms with Crippen molar-refractivity contribution in [2.24, 2.45) is 0 Å². The van der Waals surface area contributed by atoms with Crippen molar-refractivity contribution in [1.82, 2.24) is 0 Å². The summed E-state index contributed by atoms with van der Waals surface area (Å²) in [6, 6.07) is 4.70. The minimum Gasteiger partial charge on any atom is -0.145 e. The van der Waals surface area contributed by atoms with Gasteiger partial charge in [-0.05, 0) is 43.7 Å². The van der Waals surface area contributed by atoms with E-state index >= 15 is 0 Å². The van der Waals surface area contributed by atoms with Crippen molar-refractivity contribution in [1.29, 1.82) is 0 Å². The maximum atomic E-state index is 2.37. The SMILES string of the molecule is CCC=CCc1ccc(C2CCCCC2)s1. The maximum Gasteiger partial charge on any atom is 0.00859 e. The van der Waals surface area contributed by atoms with Crippen LogP contribution < -0.4 is 0 Å². The zero-order valence-electron chi connectivity index (χ0n) is 10.2. The monoisotopic (exact) mass is 234 g/mol. The van der Waals surface area contributed by atoms with E-state index in [4.69, 9.17) is 0 Å². The van der Waals surface area contributed by atoms with E-state index < -0.39 is 0 Å². The second-order valence-electron chi connectivity index (χ2n) is 4.72. The fourth-order valence-corrected chi connectivity index (χ4v) is 3.63. The third-order valence-corrected chi connectivity index (χ3v) is 4.68. The quantitative estimate of drug-likeness (QED) is 0.620. The van der Waals surface area contributed by atoms with Crippen molar-refractivity contribution in [2.75, 3.05) is 0 Å². The minimum absolute atomic E-state index is 0.877. The molecule has 0 amide bonds. The first-order valence-electron chi connectivity index (χ1n) is 6.63. The minimum atomic E-state index is 0.877. The molecule has 0 bridgehead atoms. The summed E-state index contributed by atoms with van der Waals surface area (Å²) in [6.07, 6.45) is 14.0. The van der Waals surface area contributed by atoms with Gasteiger partial charge < -0.3 is 0 Å². The van der Waals surface area contributed by atoms with Gasteiger partial charge in [0.1, 0.15) is 0 Å². The summed E-state index contributed by atoms with van der Waals surface area (Å²) in [7, 11) is 0. The summed E-state index contributed by atoms with van der Waals surface area (Å²) in [5, 5.41) is 0. The molecule has 88 valence electrons. The van der Waals surface area contributed by atoms with Gasteiger partial charge in [-0.3, -0.25) is 0 Å². The van der Waals surface area contributed by atoms with Gasteiger partial charge in [-0.2, -0.15) is 0 Å². The van der Waals surface area contributed by atoms with Gasteiger partial charge in [0.2, 0.25) is 0 Å². The van der Waals surface area contributed by atoms with E-state index in [9.17, 15) is 0 Å². The van der Waals surface area contributed by atoms with E-state index in [1.165, 1.54) is 37.0 Å². The Morgan fingerprint density at radius 3 is 2.75 bits per heavy atom. The lowest BCUT2D eigenvalue weighted by atomic mass is 9.88. The molecule has 0 radical (unpaired) electrons. The molecule has 0 aliphatic heterocycles. The molecule has 0 spiro atoms. The molecule has 1 aliphatic carbocycles. The summed E-state index contributed by atoms with van der Waals surface area (Å²) in [4.78, 5) is 3.17. The Hall–Kier alpha value is -0.560. The van der Waals surface area contributed by atoms with Gasteiger partial charge >= 0.3 is 0 Å². The summed E-state index contributed by atoms with van der Waals surface area (Å²) in [5.41, 5.74) is 0. The van der Waals surface area contributed by atoms with Gasteiger partial charge in [0.25, 0.3) is 0 Å². The van der Waals surface area contributed by atoms with Crippen molar-refractivity contribution in [2.45, 2.75) is 57.8 Å². The lowest BCUT2D eigenvalue weighted by Crippen LogP contribution is -2.02. The van der Waals surface area contributed by atoms with Gasteiger partial charge in [0.15, 0.2) is 0 Å². The van der Waals surface area contributed by atoms with E-state index in [-0.39, 0.29) is 0 Å². The lowest BCUT2D eigenvalue weighted by molar-refractivity contribution is 0.448. The number of allylic oxidation sites excluding steroid dienone is 2. The number of hydrogen-bond acceptors (Lipinski definition) is 1. The first-order valence-corrected chi connectivity index (χ1v) is 7.45. The molecular formula is C15H22S. The Kier molecular flexibility index (Phi) is 4.65. The average Bonchev–Trinajstić information content (AvgIpc) is 2.79. The van der Waals surface area contributed by atoms with Crippen LogP contribution in [0.3, 0.4) is 0 Å². The van der Waals surface area contributed by atoms with Crippen LogP contribution in [-0.2, 0) is 6.42 Å². The number of thiophene rings is 1. The van der Waals surface area contributed by atoms with Crippen molar-refractivity contribution in [3.63, 3.8) is 0 Å². The fraction of sp³-hybridized carbons (Fsp3) is 0.600. The molecule has 0 unspecified atom stereocenters. The van der Waals surface area contributed by atoms with Crippen LogP contribution in [-0.4, -0.2) is 0 Å². The van der Waals surface area contributed by atoms with Crippen LogP contribution in [0.2, 0.25) is 0 Å². The molecule has 0 N–H and O–H groups in total. The zero-order chi connectivity index (χ0) is 11.2. The summed E-state index contributed by atoms with van der Waals surface area (Å²) in [5.74, 6) is 0.877. The maximum absolute atomic E-state index is 2.37. The van der Waals surface area contributed by atoms with E-state index in [0.717, 1.165) is 18.8 Å². The van der Waals surface area contributed by atoms with Crippen molar-refractivity contribution in [3.05, 3.63) is 34.0 Å². The Bertz CT molecular complexity index is 329. The molecule has 16 heavy (non-hydrogen) atoms. The first kappa shape index (κ1) is 11.9. The lowest BCUT2D eigenvalue weighted by Gasteiger charge is -2.19. The smallest absolute Gasteiger partial charge is 0.00859 e. The van der Waals surface area contributed by atoms with Crippen molar-refractivity contribution >= 4 is 11.3 Å². The molecule has 1 fully saturated rings. The second kappa shape index (κ2) is 6.24. The Morgan fingerprint density at radius 1 is 1.19 bits per heavy atom. The Labute approximate surface area is 103 Å². The molecule has 1 heterocycles. The third-order valence-electron chi connectivity index (χ3n) is 3.41. The van der Waals surface area contributed by atoms with Crippen LogP contribution >= 0.6 is 11.3 Å². The van der Waals surface area contributed by atoms with Gasteiger partial charge in [-0.15, -0.1) is 11.3 Å². The summed E-state index contributed by atoms with van der Waals surface area (Å²) in [6.45, 7) is 2.19. The normalized spacial score (nSPS) is 18.3. The molecule has 1 aliphatic rings. The molecule has 2 rings (SSSR count). The van der Waals surface area contributed by atoms with Crippen LogP contribution in [0.15, 0.2) is 24.3 Å². The Morgan fingerprint density at radius 2 is 2.00 bits per heavy atom. The van der Waals surface area contributed by atoms with E-state index in [1.54, 1.807) is 4.88 Å². The molecule has 0 aromatic carbocycles. The van der Waals surface area contributed by atoms with Crippen LogP contribution in [0, 0.1) is 0 Å². The summed E-state index contributed by atoms with van der Waals surface area (Å²) < 4.78 is 0. The van der Waals surface area contributed by atoms with Crippen molar-refractivity contribution in [3.8, 4) is 0 Å². The van der Waals surface area contributed by atoms with Crippen LogP contribution in [0.25, 0.3) is 0 Å². The molecule has 0 nitrogen and oxygen atoms in total. The molecule has 1 heteroatoms. The number of rotatable bonds is 4. The highest BCUT2D eigenvalue weighted by Gasteiger charge is 2.16.